The molecule has 1 aliphatic heterocycles. The molecule has 0 aliphatic carbocycles. The molecule has 1 aliphatic rings. The third kappa shape index (κ3) is 5.47. The summed E-state index contributed by atoms with van der Waals surface area (Å²) in [5.41, 5.74) is 1.13. The van der Waals surface area contributed by atoms with Gasteiger partial charge in [-0.25, -0.2) is 4.98 Å². The Labute approximate surface area is 196 Å². The van der Waals surface area contributed by atoms with Crippen LogP contribution in [-0.4, -0.2) is 36.0 Å². The number of nitrogens with zero attached hydrogens (tertiary/aromatic N) is 3. The second-order valence-electron chi connectivity index (χ2n) is 8.19. The van der Waals surface area contributed by atoms with E-state index in [1.54, 1.807) is 7.05 Å². The quantitative estimate of drug-likeness (QED) is 0.546. The van der Waals surface area contributed by atoms with Crippen LogP contribution >= 0.6 is 0 Å². The molecule has 34 heavy (non-hydrogen) atoms. The van der Waals surface area contributed by atoms with Crippen LogP contribution in [-0.2, 0) is 17.5 Å². The van der Waals surface area contributed by atoms with Crippen molar-refractivity contribution in [2.75, 3.05) is 30.4 Å². The molecule has 1 fully saturated rings. The fraction of sp³-hybridized carbons (Fsp3) is 0.320. The van der Waals surface area contributed by atoms with E-state index < -0.39 is 11.7 Å². The Balaban J connectivity index is 1.39. The Morgan fingerprint density at radius 1 is 1.03 bits per heavy atom. The van der Waals surface area contributed by atoms with Gasteiger partial charge in [-0.05, 0) is 24.5 Å². The van der Waals surface area contributed by atoms with Gasteiger partial charge >= 0.3 is 6.18 Å². The van der Waals surface area contributed by atoms with E-state index in [4.69, 9.17) is 4.98 Å². The highest BCUT2D eigenvalue weighted by atomic mass is 19.4. The molecule has 3 aromatic rings. The Hall–Kier alpha value is -3.62. The summed E-state index contributed by atoms with van der Waals surface area (Å²) in [4.78, 5) is 24.0. The summed E-state index contributed by atoms with van der Waals surface area (Å²) in [5.74, 6) is 0.789. The van der Waals surface area contributed by atoms with Crippen molar-refractivity contribution < 1.29 is 18.0 Å². The molecule has 1 saturated heterocycles. The van der Waals surface area contributed by atoms with Crippen molar-refractivity contribution in [1.29, 1.82) is 0 Å². The van der Waals surface area contributed by atoms with Gasteiger partial charge in [-0.3, -0.25) is 4.79 Å². The zero-order chi connectivity index (χ0) is 24.1. The zero-order valence-corrected chi connectivity index (χ0v) is 18.8. The number of carbonyl (C=O) groups is 1. The average molecular weight is 470 g/mol. The van der Waals surface area contributed by atoms with Crippen LogP contribution in [0.4, 0.5) is 24.9 Å². The van der Waals surface area contributed by atoms with Crippen LogP contribution in [0.5, 0.6) is 0 Å². The van der Waals surface area contributed by atoms with Gasteiger partial charge in [0.2, 0.25) is 11.9 Å². The van der Waals surface area contributed by atoms with Gasteiger partial charge in [-0.2, -0.15) is 18.2 Å². The average Bonchev–Trinajstić information content (AvgIpc) is 2.87. The van der Waals surface area contributed by atoms with E-state index in [2.05, 4.69) is 15.6 Å². The third-order valence-electron chi connectivity index (χ3n) is 5.96. The lowest BCUT2D eigenvalue weighted by atomic mass is 9.96. The molecule has 178 valence electrons. The molecule has 0 bridgehead atoms. The first-order valence-corrected chi connectivity index (χ1v) is 11.1. The van der Waals surface area contributed by atoms with Gasteiger partial charge in [0.05, 0.1) is 11.3 Å². The number of carbonyl (C=O) groups excluding carboxylic acids is 1. The molecule has 0 saturated carbocycles. The van der Waals surface area contributed by atoms with E-state index in [-0.39, 0.29) is 23.9 Å². The number of aromatic nitrogens is 2. The predicted molar refractivity (Wildman–Crippen MR) is 125 cm³/mol. The number of amides is 1. The summed E-state index contributed by atoms with van der Waals surface area (Å²) in [5, 5.41) is 5.75. The number of alkyl halides is 3. The minimum absolute atomic E-state index is 0.0616. The van der Waals surface area contributed by atoms with Crippen LogP contribution in [0, 0.1) is 5.92 Å². The smallest absolute Gasteiger partial charge is 0.373 e. The lowest BCUT2D eigenvalue weighted by molar-refractivity contribution is -0.138. The van der Waals surface area contributed by atoms with E-state index in [0.717, 1.165) is 17.3 Å². The molecule has 1 amide bonds. The van der Waals surface area contributed by atoms with Gasteiger partial charge in [0, 0.05) is 44.2 Å². The second-order valence-corrected chi connectivity index (χ2v) is 8.19. The monoisotopic (exact) mass is 469 g/mol. The third-order valence-corrected chi connectivity index (χ3v) is 5.96. The van der Waals surface area contributed by atoms with E-state index in [1.807, 2.05) is 41.3 Å². The maximum absolute atomic E-state index is 13.2. The van der Waals surface area contributed by atoms with Gasteiger partial charge in [-0.15, -0.1) is 0 Å². The van der Waals surface area contributed by atoms with Crippen molar-refractivity contribution in [2.24, 2.45) is 5.92 Å². The van der Waals surface area contributed by atoms with Crippen molar-refractivity contribution in [3.8, 4) is 11.3 Å². The Morgan fingerprint density at radius 2 is 1.71 bits per heavy atom. The minimum atomic E-state index is -4.45. The molecule has 4 rings (SSSR count). The molecule has 0 atom stereocenters. The maximum atomic E-state index is 13.2. The molecular formula is C25H26F3N5O. The SMILES string of the molecule is CNc1cc(-c2ccccc2)nc(N2CCC(C(=O)NCc3ccccc3C(F)(F)F)CC2)n1. The Kier molecular flexibility index (Phi) is 7.00. The maximum Gasteiger partial charge on any atom is 0.416 e. The standard InChI is InChI=1S/C25H26F3N5O/c1-29-22-15-21(17-7-3-2-4-8-17)31-24(32-22)33-13-11-18(12-14-33)23(34)30-16-19-9-5-6-10-20(19)25(26,27)28/h2-10,15,18H,11-14,16H2,1H3,(H,30,34)(H,29,31,32). The van der Waals surface area contributed by atoms with Crippen molar-refractivity contribution in [1.82, 2.24) is 15.3 Å². The predicted octanol–water partition coefficient (Wildman–Crippen LogP) is 4.74. The molecule has 9 heteroatoms. The van der Waals surface area contributed by atoms with Gasteiger partial charge in [-0.1, -0.05) is 48.5 Å². The lowest BCUT2D eigenvalue weighted by Crippen LogP contribution is -2.41. The highest BCUT2D eigenvalue weighted by Crippen LogP contribution is 2.32. The second kappa shape index (κ2) is 10.1. The number of rotatable bonds is 6. The van der Waals surface area contributed by atoms with E-state index >= 15 is 0 Å². The van der Waals surface area contributed by atoms with Gasteiger partial charge in [0.25, 0.3) is 0 Å². The van der Waals surface area contributed by atoms with E-state index in [1.165, 1.54) is 18.2 Å². The van der Waals surface area contributed by atoms with Gasteiger partial charge in [0.1, 0.15) is 5.82 Å². The number of hydrogen-bond donors (Lipinski definition) is 2. The molecule has 0 radical (unpaired) electrons. The number of anilines is 2. The molecule has 2 heterocycles. The number of piperidine rings is 1. The normalized spacial score (nSPS) is 14.6. The Bertz CT molecular complexity index is 1130. The van der Waals surface area contributed by atoms with E-state index in [0.29, 0.717) is 37.7 Å². The van der Waals surface area contributed by atoms with Crippen LogP contribution in [0.15, 0.2) is 60.7 Å². The number of hydrogen-bond acceptors (Lipinski definition) is 5. The van der Waals surface area contributed by atoms with Crippen LogP contribution in [0.1, 0.15) is 24.0 Å². The summed E-state index contributed by atoms with van der Waals surface area (Å²) in [6.45, 7) is 1.01. The summed E-state index contributed by atoms with van der Waals surface area (Å²) in [6, 6.07) is 17.0. The molecule has 6 nitrogen and oxygen atoms in total. The fourth-order valence-corrected chi connectivity index (χ4v) is 4.08. The first-order chi connectivity index (χ1) is 16.3. The van der Waals surface area contributed by atoms with Crippen molar-refractivity contribution in [3.63, 3.8) is 0 Å². The summed E-state index contributed by atoms with van der Waals surface area (Å²) in [7, 11) is 1.80. The molecular weight excluding hydrogens is 443 g/mol. The summed E-state index contributed by atoms with van der Waals surface area (Å²) in [6.07, 6.45) is -3.31. The summed E-state index contributed by atoms with van der Waals surface area (Å²) < 4.78 is 39.6. The summed E-state index contributed by atoms with van der Waals surface area (Å²) >= 11 is 0. The first-order valence-electron chi connectivity index (χ1n) is 11.1. The van der Waals surface area contributed by atoms with Crippen LogP contribution in [0.3, 0.4) is 0 Å². The van der Waals surface area contributed by atoms with Gasteiger partial charge < -0.3 is 15.5 Å². The highest BCUT2D eigenvalue weighted by Gasteiger charge is 2.33. The van der Waals surface area contributed by atoms with Gasteiger partial charge in [0.15, 0.2) is 0 Å². The number of halogens is 3. The molecule has 0 spiro atoms. The highest BCUT2D eigenvalue weighted by molar-refractivity contribution is 5.79. The van der Waals surface area contributed by atoms with E-state index in [9.17, 15) is 18.0 Å². The molecule has 2 aromatic carbocycles. The topological polar surface area (TPSA) is 70.2 Å². The molecule has 0 unspecified atom stereocenters. The zero-order valence-electron chi connectivity index (χ0n) is 18.8. The van der Waals surface area contributed by atoms with Crippen LogP contribution in [0.25, 0.3) is 11.3 Å². The fourth-order valence-electron chi connectivity index (χ4n) is 4.08. The number of nitrogens with one attached hydrogen (secondary N) is 2. The lowest BCUT2D eigenvalue weighted by Gasteiger charge is -2.31. The van der Waals surface area contributed by atoms with Crippen LogP contribution in [0.2, 0.25) is 0 Å². The largest absolute Gasteiger partial charge is 0.416 e. The first kappa shape index (κ1) is 23.5. The minimum Gasteiger partial charge on any atom is -0.373 e. The molecule has 2 N–H and O–H groups in total. The number of benzene rings is 2. The van der Waals surface area contributed by atoms with Crippen LogP contribution < -0.4 is 15.5 Å². The Morgan fingerprint density at radius 3 is 2.38 bits per heavy atom. The van der Waals surface area contributed by atoms with Crippen molar-refractivity contribution in [2.45, 2.75) is 25.6 Å². The van der Waals surface area contributed by atoms with Crippen molar-refractivity contribution in [3.05, 3.63) is 71.8 Å². The molecule has 1 aromatic heterocycles. The van der Waals surface area contributed by atoms with Crippen molar-refractivity contribution >= 4 is 17.7 Å².